The van der Waals surface area contributed by atoms with Gasteiger partial charge in [0.1, 0.15) is 5.82 Å². The number of rotatable bonds is 7. The lowest BCUT2D eigenvalue weighted by molar-refractivity contribution is 0.108. The van der Waals surface area contributed by atoms with Gasteiger partial charge in [-0.15, -0.1) is 0 Å². The van der Waals surface area contributed by atoms with Crippen molar-refractivity contribution in [1.82, 2.24) is 29.9 Å². The second kappa shape index (κ2) is 6.64. The molecule has 1 aliphatic carbocycles. The lowest BCUT2D eigenvalue weighted by Gasteiger charge is -2.22. The van der Waals surface area contributed by atoms with Crippen molar-refractivity contribution in [3.63, 3.8) is 0 Å². The summed E-state index contributed by atoms with van der Waals surface area (Å²) in [5, 5.41) is 12.0. The van der Waals surface area contributed by atoms with Gasteiger partial charge in [-0.25, -0.2) is 4.98 Å². The van der Waals surface area contributed by atoms with Crippen molar-refractivity contribution in [2.24, 2.45) is 0 Å². The number of aryl methyl sites for hydroxylation is 1. The van der Waals surface area contributed by atoms with Crippen molar-refractivity contribution in [1.29, 1.82) is 0 Å². The molecule has 7 nitrogen and oxygen atoms in total. The van der Waals surface area contributed by atoms with E-state index >= 15 is 0 Å². The number of methoxy groups -OCH3 is 1. The van der Waals surface area contributed by atoms with Crippen LogP contribution in [0.25, 0.3) is 0 Å². The summed E-state index contributed by atoms with van der Waals surface area (Å²) in [6.07, 6.45) is 6.57. The van der Waals surface area contributed by atoms with Gasteiger partial charge < -0.3 is 4.74 Å². The van der Waals surface area contributed by atoms with E-state index in [1.165, 1.54) is 18.5 Å². The van der Waals surface area contributed by atoms with Gasteiger partial charge in [0.2, 0.25) is 0 Å². The second-order valence-electron chi connectivity index (χ2n) is 6.85. The van der Waals surface area contributed by atoms with Crippen LogP contribution >= 0.6 is 0 Å². The molecule has 130 valence electrons. The number of likely N-dealkylation sites (tertiary alicyclic amines) is 1. The third kappa shape index (κ3) is 3.10. The van der Waals surface area contributed by atoms with Gasteiger partial charge >= 0.3 is 0 Å². The molecule has 0 spiro atoms. The third-order valence-corrected chi connectivity index (χ3v) is 5.24. The van der Waals surface area contributed by atoms with Gasteiger partial charge in [-0.3, -0.25) is 14.7 Å². The fourth-order valence-corrected chi connectivity index (χ4v) is 3.64. The second-order valence-corrected chi connectivity index (χ2v) is 6.85. The number of aromatic nitrogens is 5. The molecule has 1 aliphatic heterocycles. The molecular formula is C17H26N6O. The Balaban J connectivity index is 1.46. The molecule has 2 aromatic heterocycles. The maximum absolute atomic E-state index is 5.62. The molecule has 0 aromatic carbocycles. The first kappa shape index (κ1) is 15.8. The molecule has 4 rings (SSSR count). The molecule has 1 saturated carbocycles. The van der Waals surface area contributed by atoms with E-state index in [-0.39, 0.29) is 12.1 Å². The minimum absolute atomic E-state index is 0.264. The van der Waals surface area contributed by atoms with E-state index in [1.54, 1.807) is 7.11 Å². The molecule has 2 fully saturated rings. The number of H-pyrrole nitrogens is 1. The van der Waals surface area contributed by atoms with Gasteiger partial charge in [0.05, 0.1) is 12.1 Å². The summed E-state index contributed by atoms with van der Waals surface area (Å²) in [6.45, 7) is 4.97. The summed E-state index contributed by atoms with van der Waals surface area (Å²) in [7, 11) is 1.80. The molecular weight excluding hydrogens is 304 g/mol. The van der Waals surface area contributed by atoms with Gasteiger partial charge in [-0.2, -0.15) is 10.2 Å². The molecule has 2 atom stereocenters. The van der Waals surface area contributed by atoms with Crippen molar-refractivity contribution in [2.45, 2.75) is 57.2 Å². The molecule has 1 saturated heterocycles. The zero-order chi connectivity index (χ0) is 16.5. The molecule has 0 unspecified atom stereocenters. The lowest BCUT2D eigenvalue weighted by atomic mass is 10.2. The van der Waals surface area contributed by atoms with Crippen LogP contribution in [-0.4, -0.2) is 56.2 Å². The molecule has 0 bridgehead atoms. The zero-order valence-electron chi connectivity index (χ0n) is 14.5. The predicted octanol–water partition coefficient (Wildman–Crippen LogP) is 1.90. The van der Waals surface area contributed by atoms with Crippen LogP contribution in [0.2, 0.25) is 0 Å². The molecule has 2 aliphatic rings. The molecule has 2 aromatic rings. The highest BCUT2D eigenvalue weighted by Gasteiger charge is 2.36. The monoisotopic (exact) mass is 330 g/mol. The smallest absolute Gasteiger partial charge is 0.153 e. The summed E-state index contributed by atoms with van der Waals surface area (Å²) in [4.78, 5) is 7.24. The Kier molecular flexibility index (Phi) is 4.37. The molecule has 0 amide bonds. The summed E-state index contributed by atoms with van der Waals surface area (Å²) in [6, 6.07) is 2.38. The summed E-state index contributed by atoms with van der Waals surface area (Å²) < 4.78 is 7.69. The minimum Gasteiger partial charge on any atom is -0.380 e. The standard InChI is InChI=1S/C17H26N6O/c1-3-23-13(6-8-18-23)7-9-22-11-14(24-2)10-15(22)17-19-16(20-21-17)12-4-5-12/h6,8,12,14-15H,3-5,7,9-11H2,1-2H3,(H,19,20,21)/t14-,15+/m1/s1. The van der Waals surface area contributed by atoms with Crippen LogP contribution < -0.4 is 0 Å². The van der Waals surface area contributed by atoms with Gasteiger partial charge in [0.25, 0.3) is 0 Å². The van der Waals surface area contributed by atoms with Crippen molar-refractivity contribution in [3.8, 4) is 0 Å². The molecule has 3 heterocycles. The largest absolute Gasteiger partial charge is 0.380 e. The van der Waals surface area contributed by atoms with Crippen LogP contribution in [0.3, 0.4) is 0 Å². The van der Waals surface area contributed by atoms with Crippen LogP contribution in [0, 0.1) is 0 Å². The Morgan fingerprint density at radius 3 is 3.00 bits per heavy atom. The van der Waals surface area contributed by atoms with E-state index in [0.717, 1.165) is 44.1 Å². The molecule has 24 heavy (non-hydrogen) atoms. The van der Waals surface area contributed by atoms with Crippen LogP contribution in [0.4, 0.5) is 0 Å². The fourth-order valence-electron chi connectivity index (χ4n) is 3.64. The van der Waals surface area contributed by atoms with E-state index in [1.807, 2.05) is 6.20 Å². The van der Waals surface area contributed by atoms with Gasteiger partial charge in [0, 0.05) is 51.0 Å². The Bertz CT molecular complexity index is 676. The maximum Gasteiger partial charge on any atom is 0.153 e. The Labute approximate surface area is 142 Å². The van der Waals surface area contributed by atoms with Crippen LogP contribution in [0.1, 0.15) is 55.5 Å². The number of ether oxygens (including phenoxy) is 1. The van der Waals surface area contributed by atoms with E-state index in [9.17, 15) is 0 Å². The first-order chi connectivity index (χ1) is 11.8. The third-order valence-electron chi connectivity index (χ3n) is 5.24. The zero-order valence-corrected chi connectivity index (χ0v) is 14.5. The quantitative estimate of drug-likeness (QED) is 0.839. The normalized spacial score (nSPS) is 24.8. The molecule has 0 radical (unpaired) electrons. The van der Waals surface area contributed by atoms with E-state index < -0.39 is 0 Å². The average Bonchev–Trinajstić information content (AvgIpc) is 3.04. The van der Waals surface area contributed by atoms with Crippen LogP contribution in [0.5, 0.6) is 0 Å². The van der Waals surface area contributed by atoms with E-state index in [2.05, 4.69) is 37.9 Å². The SMILES string of the molecule is CCn1nccc1CCN1C[C@H](OC)C[C@H]1c1nc(C2CC2)n[nH]1. The number of aromatic amines is 1. The van der Waals surface area contributed by atoms with Gasteiger partial charge in [-0.1, -0.05) is 0 Å². The van der Waals surface area contributed by atoms with Gasteiger partial charge in [0.15, 0.2) is 5.82 Å². The van der Waals surface area contributed by atoms with Crippen molar-refractivity contribution in [2.75, 3.05) is 20.2 Å². The summed E-state index contributed by atoms with van der Waals surface area (Å²) >= 11 is 0. The van der Waals surface area contributed by atoms with E-state index in [0.29, 0.717) is 5.92 Å². The average molecular weight is 330 g/mol. The first-order valence-electron chi connectivity index (χ1n) is 8.98. The molecule has 7 heteroatoms. The lowest BCUT2D eigenvalue weighted by Crippen LogP contribution is -2.28. The van der Waals surface area contributed by atoms with Crippen LogP contribution in [0.15, 0.2) is 12.3 Å². The van der Waals surface area contributed by atoms with Gasteiger partial charge in [-0.05, 0) is 32.3 Å². The maximum atomic E-state index is 5.62. The number of hydrogen-bond donors (Lipinski definition) is 1. The Morgan fingerprint density at radius 2 is 2.25 bits per heavy atom. The van der Waals surface area contributed by atoms with Crippen molar-refractivity contribution >= 4 is 0 Å². The minimum atomic E-state index is 0.264. The number of nitrogens with zero attached hydrogens (tertiary/aromatic N) is 5. The van der Waals surface area contributed by atoms with E-state index in [4.69, 9.17) is 9.72 Å². The topological polar surface area (TPSA) is 71.9 Å². The highest BCUT2D eigenvalue weighted by atomic mass is 16.5. The highest BCUT2D eigenvalue weighted by Crippen LogP contribution is 2.39. The number of hydrogen-bond acceptors (Lipinski definition) is 5. The van der Waals surface area contributed by atoms with Crippen LogP contribution in [-0.2, 0) is 17.7 Å². The highest BCUT2D eigenvalue weighted by molar-refractivity contribution is 5.09. The Morgan fingerprint density at radius 1 is 1.38 bits per heavy atom. The Hall–Kier alpha value is -1.73. The van der Waals surface area contributed by atoms with Crippen molar-refractivity contribution < 1.29 is 4.74 Å². The predicted molar refractivity (Wildman–Crippen MR) is 89.7 cm³/mol. The summed E-state index contributed by atoms with van der Waals surface area (Å²) in [5.74, 6) is 2.58. The van der Waals surface area contributed by atoms with Crippen molar-refractivity contribution in [3.05, 3.63) is 29.6 Å². The first-order valence-corrected chi connectivity index (χ1v) is 8.98. The number of nitrogens with one attached hydrogen (secondary N) is 1. The summed E-state index contributed by atoms with van der Waals surface area (Å²) in [5.41, 5.74) is 1.29. The molecule has 1 N–H and O–H groups in total. The fraction of sp³-hybridized carbons (Fsp3) is 0.706.